The van der Waals surface area contributed by atoms with E-state index < -0.39 is 0 Å². The monoisotopic (exact) mass is 254 g/mol. The number of rotatable bonds is 3. The Kier molecular flexibility index (Phi) is 2.87. The maximum atomic E-state index is 11.5. The van der Waals surface area contributed by atoms with Crippen LogP contribution in [0.1, 0.15) is 24.3 Å². The van der Waals surface area contributed by atoms with Crippen LogP contribution in [0, 0.1) is 0 Å². The van der Waals surface area contributed by atoms with Crippen molar-refractivity contribution in [2.24, 2.45) is 0 Å². The van der Waals surface area contributed by atoms with Gasteiger partial charge in [0.15, 0.2) is 0 Å². The van der Waals surface area contributed by atoms with Gasteiger partial charge in [0.05, 0.1) is 17.5 Å². The molecule has 0 saturated carbocycles. The third-order valence-corrected chi connectivity index (χ3v) is 2.98. The van der Waals surface area contributed by atoms with Crippen molar-refractivity contribution in [2.45, 2.75) is 19.8 Å². The summed E-state index contributed by atoms with van der Waals surface area (Å²) in [4.78, 5) is 26.4. The van der Waals surface area contributed by atoms with Gasteiger partial charge in [0.2, 0.25) is 0 Å². The number of aromatic amines is 2. The van der Waals surface area contributed by atoms with Gasteiger partial charge in [-0.05, 0) is 18.6 Å². The average Bonchev–Trinajstić information content (AvgIpc) is 2.80. The largest absolute Gasteiger partial charge is 0.342 e. The van der Waals surface area contributed by atoms with E-state index in [1.807, 2.05) is 31.2 Å². The number of hydrogen-bond donors (Lipinski definition) is 2. The number of imidazole rings is 1. The van der Waals surface area contributed by atoms with Crippen molar-refractivity contribution in [3.8, 4) is 0 Å². The Labute approximate surface area is 109 Å². The van der Waals surface area contributed by atoms with Gasteiger partial charge in [-0.25, -0.2) is 9.97 Å². The first-order chi connectivity index (χ1) is 9.24. The highest BCUT2D eigenvalue weighted by molar-refractivity contribution is 5.74. The van der Waals surface area contributed by atoms with Crippen LogP contribution in [-0.2, 0) is 12.8 Å². The average molecular weight is 254 g/mol. The molecule has 19 heavy (non-hydrogen) atoms. The maximum absolute atomic E-state index is 11.5. The zero-order chi connectivity index (χ0) is 13.2. The molecule has 0 bridgehead atoms. The summed E-state index contributed by atoms with van der Waals surface area (Å²) in [6.07, 6.45) is 1.24. The summed E-state index contributed by atoms with van der Waals surface area (Å²) >= 11 is 0. The van der Waals surface area contributed by atoms with Crippen molar-refractivity contribution >= 4 is 11.0 Å². The van der Waals surface area contributed by atoms with Crippen LogP contribution < -0.4 is 5.56 Å². The van der Waals surface area contributed by atoms with Crippen molar-refractivity contribution in [2.75, 3.05) is 0 Å². The Morgan fingerprint density at radius 1 is 1.11 bits per heavy atom. The smallest absolute Gasteiger partial charge is 0.251 e. The number of para-hydroxylation sites is 2. The first-order valence-corrected chi connectivity index (χ1v) is 6.27. The lowest BCUT2D eigenvalue weighted by molar-refractivity contribution is 0.863. The Morgan fingerprint density at radius 2 is 1.89 bits per heavy atom. The van der Waals surface area contributed by atoms with Gasteiger partial charge < -0.3 is 9.97 Å². The first-order valence-electron chi connectivity index (χ1n) is 6.27. The van der Waals surface area contributed by atoms with Crippen molar-refractivity contribution in [3.05, 3.63) is 58.0 Å². The number of fused-ring (bicyclic) bond motifs is 1. The van der Waals surface area contributed by atoms with E-state index in [1.54, 1.807) is 0 Å². The SMILES string of the molecule is CCc1cc(=O)[nH]c(Cc2nc3ccccc3[nH]2)n1. The second-order valence-corrected chi connectivity index (χ2v) is 4.41. The molecule has 0 fully saturated rings. The number of hydrogen-bond acceptors (Lipinski definition) is 3. The number of nitrogens with one attached hydrogen (secondary N) is 2. The second-order valence-electron chi connectivity index (χ2n) is 4.41. The van der Waals surface area contributed by atoms with Gasteiger partial charge in [-0.1, -0.05) is 19.1 Å². The molecular weight excluding hydrogens is 240 g/mol. The van der Waals surface area contributed by atoms with E-state index in [2.05, 4.69) is 19.9 Å². The van der Waals surface area contributed by atoms with Crippen LogP contribution in [0.25, 0.3) is 11.0 Å². The van der Waals surface area contributed by atoms with Crippen molar-refractivity contribution < 1.29 is 0 Å². The number of aryl methyl sites for hydroxylation is 1. The Morgan fingerprint density at radius 3 is 2.68 bits per heavy atom. The minimum absolute atomic E-state index is 0.113. The molecule has 2 N–H and O–H groups in total. The van der Waals surface area contributed by atoms with Gasteiger partial charge in [-0.3, -0.25) is 4.79 Å². The fourth-order valence-corrected chi connectivity index (χ4v) is 2.08. The fraction of sp³-hybridized carbons (Fsp3) is 0.214. The van der Waals surface area contributed by atoms with Crippen LogP contribution in [0.4, 0.5) is 0 Å². The Bertz CT molecular complexity index is 739. The maximum Gasteiger partial charge on any atom is 0.251 e. The zero-order valence-electron chi connectivity index (χ0n) is 10.6. The molecule has 0 aliphatic heterocycles. The highest BCUT2D eigenvalue weighted by Gasteiger charge is 2.06. The second kappa shape index (κ2) is 4.68. The van der Waals surface area contributed by atoms with E-state index >= 15 is 0 Å². The lowest BCUT2D eigenvalue weighted by Crippen LogP contribution is -2.13. The molecule has 5 heteroatoms. The lowest BCUT2D eigenvalue weighted by Gasteiger charge is -2.00. The fourth-order valence-electron chi connectivity index (χ4n) is 2.08. The lowest BCUT2D eigenvalue weighted by atomic mass is 10.3. The van der Waals surface area contributed by atoms with Gasteiger partial charge >= 0.3 is 0 Å². The van der Waals surface area contributed by atoms with E-state index in [0.717, 1.165) is 29.0 Å². The third kappa shape index (κ3) is 2.40. The van der Waals surface area contributed by atoms with Gasteiger partial charge in [-0.15, -0.1) is 0 Å². The molecule has 2 heterocycles. The summed E-state index contributed by atoms with van der Waals surface area (Å²) in [5, 5.41) is 0. The van der Waals surface area contributed by atoms with Gasteiger partial charge in [0, 0.05) is 11.8 Å². The molecule has 0 radical (unpaired) electrons. The molecule has 0 saturated heterocycles. The molecule has 0 aliphatic rings. The highest BCUT2D eigenvalue weighted by atomic mass is 16.1. The topological polar surface area (TPSA) is 74.4 Å². The third-order valence-electron chi connectivity index (χ3n) is 2.98. The molecule has 2 aromatic heterocycles. The first kappa shape index (κ1) is 11.6. The normalized spacial score (nSPS) is 11.0. The molecule has 3 aromatic rings. The number of benzene rings is 1. The van der Waals surface area contributed by atoms with Gasteiger partial charge in [0.1, 0.15) is 11.6 Å². The van der Waals surface area contributed by atoms with Crippen molar-refractivity contribution in [1.29, 1.82) is 0 Å². The highest BCUT2D eigenvalue weighted by Crippen LogP contribution is 2.11. The van der Waals surface area contributed by atoms with E-state index in [9.17, 15) is 4.79 Å². The summed E-state index contributed by atoms with van der Waals surface area (Å²) in [5.74, 6) is 1.45. The quantitative estimate of drug-likeness (QED) is 0.748. The molecule has 96 valence electrons. The minimum atomic E-state index is -0.113. The number of aromatic nitrogens is 4. The number of H-pyrrole nitrogens is 2. The molecule has 0 spiro atoms. The van der Waals surface area contributed by atoms with Crippen LogP contribution >= 0.6 is 0 Å². The Balaban J connectivity index is 1.96. The summed E-state index contributed by atoms with van der Waals surface area (Å²) in [6.45, 7) is 1.98. The predicted octanol–water partition coefficient (Wildman–Crippen LogP) is 1.80. The summed E-state index contributed by atoms with van der Waals surface area (Å²) in [6, 6.07) is 9.37. The molecule has 1 aromatic carbocycles. The zero-order valence-corrected chi connectivity index (χ0v) is 10.6. The summed E-state index contributed by atoms with van der Waals surface area (Å²) in [7, 11) is 0. The minimum Gasteiger partial charge on any atom is -0.342 e. The van der Waals surface area contributed by atoms with Crippen molar-refractivity contribution in [3.63, 3.8) is 0 Å². The van der Waals surface area contributed by atoms with Crippen LogP contribution in [0.5, 0.6) is 0 Å². The van der Waals surface area contributed by atoms with Crippen LogP contribution in [-0.4, -0.2) is 19.9 Å². The molecule has 0 aliphatic carbocycles. The Hall–Kier alpha value is -2.43. The molecule has 0 unspecified atom stereocenters. The van der Waals surface area contributed by atoms with Crippen LogP contribution in [0.2, 0.25) is 0 Å². The van der Waals surface area contributed by atoms with E-state index in [-0.39, 0.29) is 5.56 Å². The standard InChI is InChI=1S/C14H14N4O/c1-2-9-7-14(19)18-12(15-9)8-13-16-10-5-3-4-6-11(10)17-13/h3-7H,2,8H2,1H3,(H,16,17)(H,15,18,19). The van der Waals surface area contributed by atoms with Gasteiger partial charge in [-0.2, -0.15) is 0 Å². The molecular formula is C14H14N4O. The molecule has 0 amide bonds. The molecule has 0 atom stereocenters. The van der Waals surface area contributed by atoms with Crippen LogP contribution in [0.15, 0.2) is 35.1 Å². The molecule has 5 nitrogen and oxygen atoms in total. The summed E-state index contributed by atoms with van der Waals surface area (Å²) in [5.41, 5.74) is 2.60. The van der Waals surface area contributed by atoms with Crippen molar-refractivity contribution in [1.82, 2.24) is 19.9 Å². The van der Waals surface area contributed by atoms with Gasteiger partial charge in [0.25, 0.3) is 5.56 Å². The van der Waals surface area contributed by atoms with E-state index in [0.29, 0.717) is 12.2 Å². The van der Waals surface area contributed by atoms with E-state index in [4.69, 9.17) is 0 Å². The van der Waals surface area contributed by atoms with E-state index in [1.165, 1.54) is 6.07 Å². The summed E-state index contributed by atoms with van der Waals surface area (Å²) < 4.78 is 0. The van der Waals surface area contributed by atoms with Crippen LogP contribution in [0.3, 0.4) is 0 Å². The number of nitrogens with zero attached hydrogens (tertiary/aromatic N) is 2. The molecule has 3 rings (SSSR count). The predicted molar refractivity (Wildman–Crippen MR) is 73.1 cm³/mol.